The van der Waals surface area contributed by atoms with Gasteiger partial charge in [0.05, 0.1) is 25.7 Å². The van der Waals surface area contributed by atoms with Gasteiger partial charge < -0.3 is 19.3 Å². The van der Waals surface area contributed by atoms with E-state index in [9.17, 15) is 8.42 Å². The number of hydrogen-bond acceptors (Lipinski definition) is 8. The van der Waals surface area contributed by atoms with E-state index in [-0.39, 0.29) is 11.4 Å². The fourth-order valence-electron chi connectivity index (χ4n) is 2.75. The molecule has 0 bridgehead atoms. The summed E-state index contributed by atoms with van der Waals surface area (Å²) in [6, 6.07) is 10.3. The van der Waals surface area contributed by atoms with Crippen LogP contribution in [-0.2, 0) is 16.6 Å². The summed E-state index contributed by atoms with van der Waals surface area (Å²) < 4.78 is 41.8. The SMILES string of the molecule is COc1ccc(-c2noc(CNc3cc(S(=O)(=O)N(C)C)ccc3C)n2)cc1OC. The highest BCUT2D eigenvalue weighted by molar-refractivity contribution is 7.89. The van der Waals surface area contributed by atoms with Gasteiger partial charge in [0, 0.05) is 25.3 Å². The van der Waals surface area contributed by atoms with Crippen LogP contribution in [0.15, 0.2) is 45.8 Å². The van der Waals surface area contributed by atoms with Crippen LogP contribution < -0.4 is 14.8 Å². The minimum Gasteiger partial charge on any atom is -0.493 e. The number of methoxy groups -OCH3 is 2. The van der Waals surface area contributed by atoms with Crippen molar-refractivity contribution in [3.05, 3.63) is 47.9 Å². The van der Waals surface area contributed by atoms with Crippen LogP contribution in [0, 0.1) is 6.92 Å². The topological polar surface area (TPSA) is 107 Å². The summed E-state index contributed by atoms with van der Waals surface area (Å²) in [7, 11) is 2.59. The minimum absolute atomic E-state index is 0.206. The Morgan fingerprint density at radius 1 is 1.07 bits per heavy atom. The van der Waals surface area contributed by atoms with Crippen molar-refractivity contribution in [1.29, 1.82) is 0 Å². The second-order valence-corrected chi connectivity index (χ2v) is 8.85. The fourth-order valence-corrected chi connectivity index (χ4v) is 3.68. The predicted molar refractivity (Wildman–Crippen MR) is 112 cm³/mol. The molecule has 30 heavy (non-hydrogen) atoms. The molecule has 0 aliphatic rings. The normalized spacial score (nSPS) is 11.5. The standard InChI is InChI=1S/C20H24N4O5S/c1-13-6-8-15(30(25,26)24(2)3)11-16(13)21-12-19-22-20(23-29-19)14-7-9-17(27-4)18(10-14)28-5/h6-11,21H,12H2,1-5H3. The largest absolute Gasteiger partial charge is 0.493 e. The Kier molecular flexibility index (Phi) is 6.28. The van der Waals surface area contributed by atoms with Crippen LogP contribution >= 0.6 is 0 Å². The zero-order valence-corrected chi connectivity index (χ0v) is 18.3. The number of sulfonamides is 1. The summed E-state index contributed by atoms with van der Waals surface area (Å²) in [5.41, 5.74) is 2.29. The summed E-state index contributed by atoms with van der Waals surface area (Å²) in [5, 5.41) is 7.17. The van der Waals surface area contributed by atoms with Gasteiger partial charge in [0.15, 0.2) is 11.5 Å². The molecule has 0 unspecified atom stereocenters. The highest BCUT2D eigenvalue weighted by Crippen LogP contribution is 2.31. The summed E-state index contributed by atoms with van der Waals surface area (Å²) >= 11 is 0. The number of ether oxygens (including phenoxy) is 2. The Morgan fingerprint density at radius 3 is 2.47 bits per heavy atom. The first-order valence-corrected chi connectivity index (χ1v) is 10.5. The molecule has 0 radical (unpaired) electrons. The van der Waals surface area contributed by atoms with Crippen LogP contribution in [-0.4, -0.2) is 51.2 Å². The number of rotatable bonds is 8. The second-order valence-electron chi connectivity index (χ2n) is 6.70. The number of hydrogen-bond donors (Lipinski definition) is 1. The van der Waals surface area contributed by atoms with Gasteiger partial charge in [-0.2, -0.15) is 4.98 Å². The van der Waals surface area contributed by atoms with Gasteiger partial charge in [-0.25, -0.2) is 12.7 Å². The molecule has 1 N–H and O–H groups in total. The third kappa shape index (κ3) is 4.39. The van der Waals surface area contributed by atoms with Gasteiger partial charge in [-0.1, -0.05) is 11.2 Å². The van der Waals surface area contributed by atoms with Gasteiger partial charge in [0.2, 0.25) is 21.7 Å². The van der Waals surface area contributed by atoms with Crippen molar-refractivity contribution in [1.82, 2.24) is 14.4 Å². The van der Waals surface area contributed by atoms with Gasteiger partial charge >= 0.3 is 0 Å². The lowest BCUT2D eigenvalue weighted by atomic mass is 10.2. The third-order valence-corrected chi connectivity index (χ3v) is 6.34. The van der Waals surface area contributed by atoms with E-state index in [2.05, 4.69) is 15.5 Å². The third-order valence-electron chi connectivity index (χ3n) is 4.53. The van der Waals surface area contributed by atoms with Gasteiger partial charge in [-0.15, -0.1) is 0 Å². The maximum Gasteiger partial charge on any atom is 0.246 e. The fraction of sp³-hybridized carbons (Fsp3) is 0.300. The number of aryl methyl sites for hydroxylation is 1. The summed E-state index contributed by atoms with van der Waals surface area (Å²) in [4.78, 5) is 4.60. The molecule has 9 nitrogen and oxygen atoms in total. The van der Waals surface area contributed by atoms with Crippen molar-refractivity contribution < 1.29 is 22.4 Å². The number of benzene rings is 2. The summed E-state index contributed by atoms with van der Waals surface area (Å²) in [5.74, 6) is 1.94. The van der Waals surface area contributed by atoms with Crippen LogP contribution in [0.1, 0.15) is 11.5 Å². The molecule has 0 saturated carbocycles. The smallest absolute Gasteiger partial charge is 0.246 e. The zero-order valence-electron chi connectivity index (χ0n) is 17.5. The van der Waals surface area contributed by atoms with Gasteiger partial charge in [-0.05, 0) is 42.8 Å². The molecule has 160 valence electrons. The predicted octanol–water partition coefficient (Wildman–Crippen LogP) is 2.92. The van der Waals surface area contributed by atoms with E-state index >= 15 is 0 Å². The monoisotopic (exact) mass is 432 g/mol. The highest BCUT2D eigenvalue weighted by atomic mass is 32.2. The second kappa shape index (κ2) is 8.72. The molecule has 0 aliphatic heterocycles. The first-order chi connectivity index (χ1) is 14.3. The van der Waals surface area contributed by atoms with Crippen molar-refractivity contribution in [2.24, 2.45) is 0 Å². The molecule has 0 atom stereocenters. The Morgan fingerprint density at radius 2 is 1.80 bits per heavy atom. The van der Waals surface area contributed by atoms with Crippen LogP contribution in [0.25, 0.3) is 11.4 Å². The van der Waals surface area contributed by atoms with Crippen LogP contribution in [0.4, 0.5) is 5.69 Å². The van der Waals surface area contributed by atoms with Crippen molar-refractivity contribution >= 4 is 15.7 Å². The lowest BCUT2D eigenvalue weighted by molar-refractivity contribution is 0.355. The number of nitrogens with one attached hydrogen (secondary N) is 1. The molecule has 3 aromatic rings. The Labute approximate surface area is 175 Å². The molecule has 0 spiro atoms. The maximum atomic E-state index is 12.4. The Bertz CT molecular complexity index is 1140. The van der Waals surface area contributed by atoms with E-state index in [0.717, 1.165) is 11.1 Å². The molecular formula is C20H24N4O5S. The van der Waals surface area contributed by atoms with Crippen molar-refractivity contribution in [3.63, 3.8) is 0 Å². The highest BCUT2D eigenvalue weighted by Gasteiger charge is 2.18. The molecule has 0 fully saturated rings. The molecule has 0 aliphatic carbocycles. The lowest BCUT2D eigenvalue weighted by Crippen LogP contribution is -2.22. The molecule has 1 heterocycles. The first-order valence-electron chi connectivity index (χ1n) is 9.08. The summed E-state index contributed by atoms with van der Waals surface area (Å²) in [6.45, 7) is 2.13. The summed E-state index contributed by atoms with van der Waals surface area (Å²) in [6.07, 6.45) is 0. The van der Waals surface area contributed by atoms with E-state index in [1.54, 1.807) is 44.6 Å². The van der Waals surface area contributed by atoms with E-state index in [0.29, 0.717) is 28.9 Å². The quantitative estimate of drug-likeness (QED) is 0.579. The van der Waals surface area contributed by atoms with Gasteiger partial charge in [0.1, 0.15) is 0 Å². The lowest BCUT2D eigenvalue weighted by Gasteiger charge is -2.14. The van der Waals surface area contributed by atoms with Crippen molar-refractivity contribution in [3.8, 4) is 22.9 Å². The molecule has 1 aromatic heterocycles. The molecule has 2 aromatic carbocycles. The molecular weight excluding hydrogens is 408 g/mol. The van der Waals surface area contributed by atoms with E-state index in [1.807, 2.05) is 13.0 Å². The molecule has 0 amide bonds. The Hall–Kier alpha value is -3.11. The average Bonchev–Trinajstić information content (AvgIpc) is 3.21. The van der Waals surface area contributed by atoms with Gasteiger partial charge in [-0.3, -0.25) is 0 Å². The molecule has 3 rings (SSSR count). The van der Waals surface area contributed by atoms with Crippen molar-refractivity contribution in [2.45, 2.75) is 18.4 Å². The van der Waals surface area contributed by atoms with Crippen LogP contribution in [0.3, 0.4) is 0 Å². The number of aromatic nitrogens is 2. The molecule has 0 saturated heterocycles. The van der Waals surface area contributed by atoms with Crippen molar-refractivity contribution in [2.75, 3.05) is 33.6 Å². The van der Waals surface area contributed by atoms with E-state index in [4.69, 9.17) is 14.0 Å². The van der Waals surface area contributed by atoms with Crippen LogP contribution in [0.5, 0.6) is 11.5 Å². The van der Waals surface area contributed by atoms with E-state index < -0.39 is 10.0 Å². The maximum absolute atomic E-state index is 12.4. The Balaban J connectivity index is 1.78. The minimum atomic E-state index is -3.52. The number of nitrogens with zero attached hydrogens (tertiary/aromatic N) is 3. The zero-order chi connectivity index (χ0) is 21.9. The van der Waals surface area contributed by atoms with E-state index in [1.165, 1.54) is 18.4 Å². The van der Waals surface area contributed by atoms with Gasteiger partial charge in [0.25, 0.3) is 0 Å². The first kappa shape index (κ1) is 21.6. The van der Waals surface area contributed by atoms with Crippen LogP contribution in [0.2, 0.25) is 0 Å². The number of anilines is 1. The average molecular weight is 433 g/mol. The molecule has 10 heteroatoms.